The molecule has 6 unspecified atom stereocenters. The van der Waals surface area contributed by atoms with E-state index in [1.807, 2.05) is 6.92 Å². The Hall–Kier alpha value is -3.62. The minimum atomic E-state index is -1.28. The first-order chi connectivity index (χ1) is 24.6. The highest BCUT2D eigenvalue weighted by molar-refractivity contribution is 7.58. The second-order valence-corrected chi connectivity index (χ2v) is 14.9. The van der Waals surface area contributed by atoms with Gasteiger partial charge in [-0.3, -0.25) is 38.4 Å². The summed E-state index contributed by atoms with van der Waals surface area (Å²) < 4.78 is 10.5. The molecule has 2 saturated carbocycles. The van der Waals surface area contributed by atoms with Crippen molar-refractivity contribution in [1.82, 2.24) is 26.6 Å². The van der Waals surface area contributed by atoms with Crippen molar-refractivity contribution >= 4 is 61.0 Å². The third-order valence-electron chi connectivity index (χ3n) is 9.11. The number of carbonyl (C=O) groups is 9. The van der Waals surface area contributed by atoms with Crippen LogP contribution < -0.4 is 26.6 Å². The van der Waals surface area contributed by atoms with Crippen molar-refractivity contribution in [2.75, 3.05) is 45.7 Å². The topological polar surface area (TPSA) is 232 Å². The van der Waals surface area contributed by atoms with Crippen LogP contribution in [0.3, 0.4) is 0 Å². The van der Waals surface area contributed by atoms with Crippen LogP contribution in [-0.2, 0) is 52.6 Å². The Labute approximate surface area is 306 Å². The fraction of sp³-hybridized carbons (Fsp3) is 0.743. The molecule has 0 spiro atoms. The average molecular weight is 754 g/mol. The summed E-state index contributed by atoms with van der Waals surface area (Å²) in [5.74, 6) is -3.47. The van der Waals surface area contributed by atoms with Crippen LogP contribution in [0.25, 0.3) is 0 Å². The van der Waals surface area contributed by atoms with Gasteiger partial charge >= 0.3 is 0 Å². The van der Waals surface area contributed by atoms with Crippen molar-refractivity contribution in [3.05, 3.63) is 0 Å². The standard InChI is InChI=1S/C35H56N5O11P/c1-5-14-50-15-16-51-20-31(46)38-26(24(4)43)8-11-30(45)39-28(7-6-22(2)41)34(49)40-27(33(48)37-18-23(3)42)9-10-29(44)36-19-32(47)52-21-35-13-12-25(35)17-35/h25-28,52H,5-21H2,1-4H3,(H,36,44)(H,37,48)(H,38,46)(H,39,45)(H,40,49). The molecule has 2 aliphatic rings. The first-order valence-electron chi connectivity index (χ1n) is 18.0. The molecule has 17 heteroatoms. The summed E-state index contributed by atoms with van der Waals surface area (Å²) in [7, 11) is 0.122. The predicted molar refractivity (Wildman–Crippen MR) is 191 cm³/mol. The maximum atomic E-state index is 13.4. The molecule has 5 N–H and O–H groups in total. The Bertz CT molecular complexity index is 1310. The number of ether oxygens (including phenoxy) is 2. The smallest absolute Gasteiger partial charge is 0.246 e. The van der Waals surface area contributed by atoms with E-state index in [-0.39, 0.29) is 90.5 Å². The van der Waals surface area contributed by atoms with Gasteiger partial charge in [0.05, 0.1) is 32.3 Å². The van der Waals surface area contributed by atoms with Gasteiger partial charge in [-0.15, -0.1) is 0 Å². The quantitative estimate of drug-likeness (QED) is 0.0513. The van der Waals surface area contributed by atoms with Gasteiger partial charge in [0.25, 0.3) is 0 Å². The molecule has 0 aromatic heterocycles. The van der Waals surface area contributed by atoms with E-state index in [0.29, 0.717) is 18.6 Å². The molecule has 0 saturated heterocycles. The Morgan fingerprint density at radius 2 is 1.33 bits per heavy atom. The second kappa shape index (κ2) is 23.1. The summed E-state index contributed by atoms with van der Waals surface area (Å²) in [6.07, 6.45) is 4.37. The third-order valence-corrected chi connectivity index (χ3v) is 10.6. The number of fused-ring (bicyclic) bond motifs is 1. The van der Waals surface area contributed by atoms with E-state index in [9.17, 15) is 43.2 Å². The van der Waals surface area contributed by atoms with Gasteiger partial charge in [0.15, 0.2) is 11.3 Å². The van der Waals surface area contributed by atoms with Gasteiger partial charge in [0, 0.05) is 25.9 Å². The molecule has 0 aliphatic heterocycles. The largest absolute Gasteiger partial charge is 0.379 e. The van der Waals surface area contributed by atoms with Crippen molar-refractivity contribution in [1.29, 1.82) is 0 Å². The van der Waals surface area contributed by atoms with Crippen LogP contribution in [0.4, 0.5) is 0 Å². The highest BCUT2D eigenvalue weighted by Gasteiger charge is 2.60. The lowest BCUT2D eigenvalue weighted by Gasteiger charge is -2.24. The zero-order valence-electron chi connectivity index (χ0n) is 30.8. The van der Waals surface area contributed by atoms with Crippen LogP contribution in [0, 0.1) is 11.3 Å². The molecule has 2 aliphatic carbocycles. The lowest BCUT2D eigenvalue weighted by molar-refractivity contribution is -0.133. The maximum Gasteiger partial charge on any atom is 0.246 e. The highest BCUT2D eigenvalue weighted by Crippen LogP contribution is 2.69. The Balaban J connectivity index is 1.93. The van der Waals surface area contributed by atoms with E-state index in [4.69, 9.17) is 9.47 Å². The minimum Gasteiger partial charge on any atom is -0.379 e. The molecule has 0 aromatic rings. The zero-order chi connectivity index (χ0) is 38.7. The van der Waals surface area contributed by atoms with Crippen molar-refractivity contribution in [2.24, 2.45) is 11.3 Å². The summed E-state index contributed by atoms with van der Waals surface area (Å²) in [5, 5.41) is 12.6. The van der Waals surface area contributed by atoms with E-state index < -0.39 is 53.4 Å². The van der Waals surface area contributed by atoms with Crippen molar-refractivity contribution in [3.8, 4) is 0 Å². The lowest BCUT2D eigenvalue weighted by atomic mass is 9.87. The molecule has 16 nitrogen and oxygen atoms in total. The average Bonchev–Trinajstić information content (AvgIpc) is 3.62. The number of nitrogens with one attached hydrogen (secondary N) is 5. The summed E-state index contributed by atoms with van der Waals surface area (Å²) >= 11 is 0. The molecule has 0 heterocycles. The van der Waals surface area contributed by atoms with Crippen LogP contribution in [0.1, 0.15) is 91.9 Å². The number of amides is 5. The van der Waals surface area contributed by atoms with Gasteiger partial charge in [-0.1, -0.05) is 6.92 Å². The van der Waals surface area contributed by atoms with E-state index in [2.05, 4.69) is 26.6 Å². The number of carbonyl (C=O) groups excluding carboxylic acids is 9. The van der Waals surface area contributed by atoms with Crippen molar-refractivity contribution in [3.63, 3.8) is 0 Å². The monoisotopic (exact) mass is 753 g/mol. The third kappa shape index (κ3) is 17.3. The van der Waals surface area contributed by atoms with E-state index in [1.165, 1.54) is 33.6 Å². The molecule has 5 amide bonds. The molecule has 2 fully saturated rings. The fourth-order valence-corrected chi connectivity index (χ4v) is 7.13. The van der Waals surface area contributed by atoms with Crippen LogP contribution in [0.15, 0.2) is 0 Å². The number of rotatable bonds is 29. The van der Waals surface area contributed by atoms with Gasteiger partial charge in [0.2, 0.25) is 29.5 Å². The number of hydrogen-bond donors (Lipinski definition) is 5. The first kappa shape index (κ1) is 44.5. The molecule has 2 rings (SSSR count). The van der Waals surface area contributed by atoms with Crippen molar-refractivity contribution in [2.45, 2.75) is 110 Å². The van der Waals surface area contributed by atoms with Gasteiger partial charge in [-0.2, -0.15) is 0 Å². The molecule has 292 valence electrons. The van der Waals surface area contributed by atoms with E-state index in [0.717, 1.165) is 24.9 Å². The SMILES string of the molecule is CCCOCCOCC(=O)NC(CCC(=O)NC(CCC(C)=O)C(=O)NC(CCC(=O)NCC(=O)PCC12CCC1C2)C(=O)NCC(C)=O)C(C)=O. The molecular weight excluding hydrogens is 697 g/mol. The Morgan fingerprint density at radius 3 is 1.92 bits per heavy atom. The van der Waals surface area contributed by atoms with Gasteiger partial charge in [-0.25, -0.2) is 0 Å². The summed E-state index contributed by atoms with van der Waals surface area (Å²) in [4.78, 5) is 112. The predicted octanol–water partition coefficient (Wildman–Crippen LogP) is 0.229. The van der Waals surface area contributed by atoms with Gasteiger partial charge < -0.3 is 40.9 Å². The molecule has 0 aromatic carbocycles. The van der Waals surface area contributed by atoms with Crippen molar-refractivity contribution < 1.29 is 52.6 Å². The summed E-state index contributed by atoms with van der Waals surface area (Å²) in [6, 6.07) is -3.54. The van der Waals surface area contributed by atoms with E-state index in [1.54, 1.807) is 0 Å². The molecular formula is C35H56N5O11P. The molecule has 0 bridgehead atoms. The second-order valence-electron chi connectivity index (χ2n) is 13.7. The van der Waals surface area contributed by atoms with Crippen LogP contribution >= 0.6 is 8.58 Å². The molecule has 6 atom stereocenters. The lowest BCUT2D eigenvalue weighted by Crippen LogP contribution is -2.54. The fourth-order valence-electron chi connectivity index (χ4n) is 5.75. The van der Waals surface area contributed by atoms with Crippen LogP contribution in [0.2, 0.25) is 0 Å². The summed E-state index contributed by atoms with van der Waals surface area (Å²) in [5.41, 5.74) is 0.301. The summed E-state index contributed by atoms with van der Waals surface area (Å²) in [6.45, 7) is 6.15. The van der Waals surface area contributed by atoms with Crippen LogP contribution in [-0.4, -0.2) is 116 Å². The first-order valence-corrected chi connectivity index (χ1v) is 19.2. The highest BCUT2D eigenvalue weighted by atomic mass is 31.1. The number of Topliss-reactive ketones (excluding diaryl/α,β-unsaturated/α-hetero) is 3. The Morgan fingerprint density at radius 1 is 0.692 bits per heavy atom. The zero-order valence-corrected chi connectivity index (χ0v) is 31.8. The van der Waals surface area contributed by atoms with Gasteiger partial charge in [-0.05, 0) is 91.8 Å². The van der Waals surface area contributed by atoms with Crippen LogP contribution in [0.5, 0.6) is 0 Å². The Kier molecular flexibility index (Phi) is 19.8. The molecule has 0 radical (unpaired) electrons. The van der Waals surface area contributed by atoms with Gasteiger partial charge in [0.1, 0.15) is 30.3 Å². The minimum absolute atomic E-state index is 0.0527. The number of hydrogen-bond acceptors (Lipinski definition) is 11. The number of ketones is 3. The molecule has 52 heavy (non-hydrogen) atoms. The maximum absolute atomic E-state index is 13.4. The normalized spacial score (nSPS) is 18.9. The van der Waals surface area contributed by atoms with E-state index >= 15 is 0 Å².